The minimum absolute atomic E-state index is 0.203. The highest BCUT2D eigenvalue weighted by molar-refractivity contribution is 7.91. The van der Waals surface area contributed by atoms with Gasteiger partial charge in [-0.05, 0) is 6.42 Å². The molecule has 1 aliphatic heterocycles. The molecule has 1 fully saturated rings. The molecule has 0 amide bonds. The first-order chi connectivity index (χ1) is 18.9. The lowest BCUT2D eigenvalue weighted by atomic mass is 10.0. The lowest BCUT2D eigenvalue weighted by molar-refractivity contribution is -0.0691. The molecule has 0 radical (unpaired) electrons. The van der Waals surface area contributed by atoms with E-state index in [1.165, 1.54) is 51.4 Å². The van der Waals surface area contributed by atoms with Crippen LogP contribution in [0.4, 0.5) is 0 Å². The summed E-state index contributed by atoms with van der Waals surface area (Å²) in [5.41, 5.74) is -1.73. The average molecular weight is 613 g/mol. The Hall–Kier alpha value is -1.38. The summed E-state index contributed by atoms with van der Waals surface area (Å²) in [6.07, 6.45) is 8.52. The van der Waals surface area contributed by atoms with Crippen LogP contribution in [0.25, 0.3) is 0 Å². The number of aliphatic hydroxyl groups is 3. The highest BCUT2D eigenvalue weighted by Crippen LogP contribution is 2.52. The number of nitrogens with one attached hydrogen (secondary N) is 1. The summed E-state index contributed by atoms with van der Waals surface area (Å²) >= 11 is 0. The fourth-order valence-electron chi connectivity index (χ4n) is 4.69. The minimum Gasteiger partial charge on any atom is -0.387 e. The maximum atomic E-state index is 12.6. The van der Waals surface area contributed by atoms with Gasteiger partial charge in [0.2, 0.25) is 0 Å². The van der Waals surface area contributed by atoms with E-state index >= 15 is 0 Å². The Morgan fingerprint density at radius 1 is 0.950 bits per heavy atom. The van der Waals surface area contributed by atoms with Gasteiger partial charge in [-0.2, -0.15) is 12.4 Å². The molecule has 2 unspecified atom stereocenters. The SMILES string of the molecule is CCCCCCCCCCCCCCCCS(=O)(=O)OP(=O)(O)C(O)[C@H]1O[C@@H](n2ccc(=O)[nH]c2=O)[C@H](O)[C@@H]1O. The normalized spacial score (nSPS) is 23.7. The molecule has 2 heterocycles. The van der Waals surface area contributed by atoms with Gasteiger partial charge in [-0.25, -0.2) is 4.79 Å². The molecule has 0 bridgehead atoms. The quantitative estimate of drug-likeness (QED) is 0.107. The van der Waals surface area contributed by atoms with Crippen molar-refractivity contribution in [3.8, 4) is 0 Å². The Morgan fingerprint density at radius 2 is 1.45 bits per heavy atom. The molecule has 40 heavy (non-hydrogen) atoms. The maximum absolute atomic E-state index is 12.6. The highest BCUT2D eigenvalue weighted by Gasteiger charge is 2.53. The lowest BCUT2D eigenvalue weighted by Gasteiger charge is -2.24. The second-order valence-electron chi connectivity index (χ2n) is 10.4. The number of aliphatic hydroxyl groups excluding tert-OH is 3. The predicted molar refractivity (Wildman–Crippen MR) is 148 cm³/mol. The first kappa shape index (κ1) is 34.8. The van der Waals surface area contributed by atoms with Crippen molar-refractivity contribution in [2.75, 3.05) is 5.75 Å². The molecule has 13 nitrogen and oxygen atoms in total. The van der Waals surface area contributed by atoms with Crippen molar-refractivity contribution in [3.63, 3.8) is 0 Å². The third kappa shape index (κ3) is 11.1. The Labute approximate surface area is 235 Å². The molecule has 5 N–H and O–H groups in total. The number of H-pyrrole nitrogens is 1. The van der Waals surface area contributed by atoms with Crippen LogP contribution in [0.3, 0.4) is 0 Å². The van der Waals surface area contributed by atoms with Crippen LogP contribution >= 0.6 is 7.60 Å². The van der Waals surface area contributed by atoms with Crippen LogP contribution in [0.2, 0.25) is 0 Å². The van der Waals surface area contributed by atoms with Crippen LogP contribution in [-0.4, -0.2) is 68.1 Å². The molecule has 232 valence electrons. The lowest BCUT2D eigenvalue weighted by Crippen LogP contribution is -2.39. The molecule has 1 aromatic rings. The summed E-state index contributed by atoms with van der Waals surface area (Å²) in [5.74, 6) is -3.08. The number of unbranched alkanes of at least 4 members (excludes halogenated alkanes) is 13. The van der Waals surface area contributed by atoms with Crippen LogP contribution < -0.4 is 11.2 Å². The third-order valence-electron chi connectivity index (χ3n) is 7.00. The van der Waals surface area contributed by atoms with E-state index in [4.69, 9.17) is 4.74 Å². The zero-order valence-electron chi connectivity index (χ0n) is 23.1. The monoisotopic (exact) mass is 612 g/mol. The Kier molecular flexibility index (Phi) is 14.7. The van der Waals surface area contributed by atoms with Crippen molar-refractivity contribution in [2.24, 2.45) is 0 Å². The van der Waals surface area contributed by atoms with Gasteiger partial charge < -0.3 is 24.9 Å². The van der Waals surface area contributed by atoms with Gasteiger partial charge in [0, 0.05) is 12.3 Å². The maximum Gasteiger partial charge on any atom is 0.373 e. The summed E-state index contributed by atoms with van der Waals surface area (Å²) in [4.78, 5) is 35.3. The third-order valence-corrected chi connectivity index (χ3v) is 10.5. The van der Waals surface area contributed by atoms with E-state index in [0.717, 1.165) is 37.9 Å². The number of aromatic nitrogens is 2. The second kappa shape index (κ2) is 16.9. The number of hydrogen-bond donors (Lipinski definition) is 5. The van der Waals surface area contributed by atoms with Crippen LogP contribution in [0.15, 0.2) is 21.9 Å². The molecule has 0 saturated carbocycles. The van der Waals surface area contributed by atoms with Crippen LogP contribution in [0.5, 0.6) is 0 Å². The van der Waals surface area contributed by atoms with Gasteiger partial charge in [0.15, 0.2) is 12.1 Å². The Morgan fingerprint density at radius 3 is 1.95 bits per heavy atom. The number of hydrogen-bond acceptors (Lipinski definition) is 10. The molecular formula is C25H45N2O11PS. The number of aromatic amines is 1. The molecule has 6 atom stereocenters. The molecule has 0 aliphatic carbocycles. The van der Waals surface area contributed by atoms with Crippen LogP contribution in [-0.2, 0) is 23.4 Å². The van der Waals surface area contributed by atoms with Gasteiger partial charge in [-0.3, -0.25) is 18.9 Å². The summed E-state index contributed by atoms with van der Waals surface area (Å²) in [6.45, 7) is 2.21. The largest absolute Gasteiger partial charge is 0.387 e. The average Bonchev–Trinajstić information content (AvgIpc) is 3.17. The fraction of sp³-hybridized carbons (Fsp3) is 0.840. The molecule has 0 spiro atoms. The summed E-state index contributed by atoms with van der Waals surface area (Å²) in [5, 5.41) is 30.9. The second-order valence-corrected chi connectivity index (χ2v) is 14.2. The smallest absolute Gasteiger partial charge is 0.373 e. The molecule has 15 heteroatoms. The minimum atomic E-state index is -5.32. The fourth-order valence-corrected chi connectivity index (χ4v) is 7.82. The molecule has 0 aromatic carbocycles. The summed E-state index contributed by atoms with van der Waals surface area (Å²) < 4.78 is 47.5. The molecular weight excluding hydrogens is 567 g/mol. The van der Waals surface area contributed by atoms with Crippen LogP contribution in [0, 0.1) is 0 Å². The Balaban J connectivity index is 1.71. The molecule has 1 aromatic heterocycles. The van der Waals surface area contributed by atoms with E-state index in [0.29, 0.717) is 11.0 Å². The van der Waals surface area contributed by atoms with E-state index in [2.05, 4.69) is 10.9 Å². The summed E-state index contributed by atoms with van der Waals surface area (Å²) in [7, 11) is -9.82. The van der Waals surface area contributed by atoms with E-state index in [1.807, 2.05) is 4.98 Å². The van der Waals surface area contributed by atoms with E-state index < -0.39 is 65.1 Å². The molecule has 2 rings (SSSR count). The Bertz CT molecular complexity index is 1160. The first-order valence-electron chi connectivity index (χ1n) is 14.2. The van der Waals surface area contributed by atoms with Crippen molar-refractivity contribution in [1.82, 2.24) is 9.55 Å². The first-order valence-corrected chi connectivity index (χ1v) is 17.4. The predicted octanol–water partition coefficient (Wildman–Crippen LogP) is 2.49. The molecule has 1 saturated heterocycles. The van der Waals surface area contributed by atoms with Gasteiger partial charge in [0.25, 0.3) is 15.7 Å². The van der Waals surface area contributed by atoms with Gasteiger partial charge in [-0.1, -0.05) is 90.4 Å². The van der Waals surface area contributed by atoms with E-state index in [9.17, 15) is 42.8 Å². The standard InChI is InChI=1S/C25H45N2O11PS/c1-2-3-4-5-6-7-8-9-10-11-12-13-14-15-18-40(35,36)38-39(33,34)24(31)22-20(29)21(30)23(37-22)27-17-16-19(28)26-25(27)32/h16-17,20-24,29-31H,2-15,18H2,1H3,(H,33,34)(H,26,28,32)/t20-,21+,22-,23+,24?/m0/s1. The van der Waals surface area contributed by atoms with E-state index in [-0.39, 0.29) is 6.42 Å². The zero-order valence-corrected chi connectivity index (χ0v) is 24.8. The van der Waals surface area contributed by atoms with Crippen LogP contribution in [0.1, 0.15) is 103 Å². The molecule has 1 aliphatic rings. The number of ether oxygens (including phenoxy) is 1. The number of nitrogens with zero attached hydrogens (tertiary/aromatic N) is 1. The zero-order chi connectivity index (χ0) is 29.8. The highest BCUT2D eigenvalue weighted by atomic mass is 32.2. The van der Waals surface area contributed by atoms with Gasteiger partial charge in [-0.15, -0.1) is 0 Å². The van der Waals surface area contributed by atoms with Gasteiger partial charge in [0.1, 0.15) is 18.3 Å². The summed E-state index contributed by atoms with van der Waals surface area (Å²) in [6, 6.07) is 0.942. The van der Waals surface area contributed by atoms with Gasteiger partial charge >= 0.3 is 13.3 Å². The topological polar surface area (TPSA) is 205 Å². The van der Waals surface area contributed by atoms with Crippen molar-refractivity contribution < 1.29 is 41.9 Å². The van der Waals surface area contributed by atoms with Crippen molar-refractivity contribution >= 4 is 17.7 Å². The van der Waals surface area contributed by atoms with Crippen molar-refractivity contribution in [2.45, 2.75) is 127 Å². The van der Waals surface area contributed by atoms with Crippen molar-refractivity contribution in [1.29, 1.82) is 0 Å². The van der Waals surface area contributed by atoms with E-state index in [1.54, 1.807) is 0 Å². The number of rotatable bonds is 20. The van der Waals surface area contributed by atoms with Crippen molar-refractivity contribution in [3.05, 3.63) is 33.1 Å². The van der Waals surface area contributed by atoms with Gasteiger partial charge in [0.05, 0.1) is 5.75 Å².